The van der Waals surface area contributed by atoms with Crippen LogP contribution >= 0.6 is 0 Å². The Morgan fingerprint density at radius 1 is 1.46 bits per heavy atom. The lowest BCUT2D eigenvalue weighted by molar-refractivity contribution is 0.301. The van der Waals surface area contributed by atoms with Gasteiger partial charge in [-0.3, -0.25) is 0 Å². The Morgan fingerprint density at radius 3 is 2.46 bits per heavy atom. The minimum atomic E-state index is 0.0835. The fraction of sp³-hybridized carbons (Fsp3) is 0.800. The van der Waals surface area contributed by atoms with Crippen LogP contribution in [0.3, 0.4) is 0 Å². The van der Waals surface area contributed by atoms with Gasteiger partial charge in [-0.25, -0.2) is 4.68 Å². The molecule has 0 saturated carbocycles. The van der Waals surface area contributed by atoms with Crippen LogP contribution < -0.4 is 0 Å². The highest BCUT2D eigenvalue weighted by Gasteiger charge is 2.19. The highest BCUT2D eigenvalue weighted by atomic mass is 15.4. The maximum absolute atomic E-state index is 4.15. The van der Waals surface area contributed by atoms with Gasteiger partial charge in [0.1, 0.15) is 0 Å². The van der Waals surface area contributed by atoms with Crippen molar-refractivity contribution < 1.29 is 0 Å². The average molecular weight is 181 g/mol. The van der Waals surface area contributed by atoms with Gasteiger partial charge in [0.05, 0.1) is 11.2 Å². The third-order valence-electron chi connectivity index (χ3n) is 2.59. The van der Waals surface area contributed by atoms with Crippen LogP contribution in [-0.2, 0) is 5.54 Å². The summed E-state index contributed by atoms with van der Waals surface area (Å²) in [5.74, 6) is 0.460. The van der Waals surface area contributed by atoms with Crippen molar-refractivity contribution in [1.29, 1.82) is 0 Å². The van der Waals surface area contributed by atoms with Crippen molar-refractivity contribution in [3.63, 3.8) is 0 Å². The van der Waals surface area contributed by atoms with Crippen molar-refractivity contribution in [2.75, 3.05) is 0 Å². The van der Waals surface area contributed by atoms with Crippen LogP contribution in [0.5, 0.6) is 0 Å². The summed E-state index contributed by atoms with van der Waals surface area (Å²) >= 11 is 0. The van der Waals surface area contributed by atoms with Crippen molar-refractivity contribution in [1.82, 2.24) is 15.0 Å². The first-order chi connectivity index (χ1) is 5.97. The van der Waals surface area contributed by atoms with Crippen LogP contribution in [0.1, 0.15) is 52.7 Å². The van der Waals surface area contributed by atoms with E-state index in [1.165, 1.54) is 0 Å². The number of rotatable bonds is 3. The van der Waals surface area contributed by atoms with E-state index < -0.39 is 0 Å². The summed E-state index contributed by atoms with van der Waals surface area (Å²) in [6.07, 6.45) is 3.11. The molecule has 0 aliphatic carbocycles. The smallest absolute Gasteiger partial charge is 0.0852 e. The van der Waals surface area contributed by atoms with Crippen molar-refractivity contribution in [2.24, 2.45) is 0 Å². The minimum absolute atomic E-state index is 0.0835. The minimum Gasteiger partial charge on any atom is -0.247 e. The Hall–Kier alpha value is -0.860. The molecule has 74 valence electrons. The maximum Gasteiger partial charge on any atom is 0.0852 e. The third-order valence-corrected chi connectivity index (χ3v) is 2.59. The van der Waals surface area contributed by atoms with E-state index >= 15 is 0 Å². The van der Waals surface area contributed by atoms with Crippen molar-refractivity contribution in [3.05, 3.63) is 11.9 Å². The van der Waals surface area contributed by atoms with E-state index in [0.717, 1.165) is 12.1 Å². The molecular weight excluding hydrogens is 162 g/mol. The molecule has 1 aromatic heterocycles. The standard InChI is InChI=1S/C10H19N3/c1-6-10(4,5)13-7-9(8(2)3)11-12-13/h7-8H,6H2,1-5H3. The summed E-state index contributed by atoms with van der Waals surface area (Å²) in [5, 5.41) is 8.29. The summed E-state index contributed by atoms with van der Waals surface area (Å²) in [5.41, 5.74) is 1.15. The summed E-state index contributed by atoms with van der Waals surface area (Å²) in [6.45, 7) is 10.8. The normalized spacial score (nSPS) is 12.5. The van der Waals surface area contributed by atoms with Crippen LogP contribution in [0.25, 0.3) is 0 Å². The van der Waals surface area contributed by atoms with Gasteiger partial charge < -0.3 is 0 Å². The lowest BCUT2D eigenvalue weighted by Gasteiger charge is -2.22. The Bertz CT molecular complexity index is 273. The molecular formula is C10H19N3. The Morgan fingerprint density at radius 2 is 2.08 bits per heavy atom. The van der Waals surface area contributed by atoms with Gasteiger partial charge in [-0.1, -0.05) is 26.0 Å². The fourth-order valence-electron chi connectivity index (χ4n) is 0.999. The lowest BCUT2D eigenvalue weighted by atomic mass is 10.0. The Balaban J connectivity index is 2.91. The van der Waals surface area contributed by atoms with E-state index in [9.17, 15) is 0 Å². The second kappa shape index (κ2) is 3.48. The van der Waals surface area contributed by atoms with Gasteiger partial charge in [0.25, 0.3) is 0 Å². The van der Waals surface area contributed by atoms with Crippen LogP contribution in [0, 0.1) is 0 Å². The summed E-state index contributed by atoms with van der Waals surface area (Å²) in [7, 11) is 0. The van der Waals surface area contributed by atoms with Crippen LogP contribution in [-0.4, -0.2) is 15.0 Å². The fourth-order valence-corrected chi connectivity index (χ4v) is 0.999. The van der Waals surface area contributed by atoms with Gasteiger partial charge >= 0.3 is 0 Å². The quantitative estimate of drug-likeness (QED) is 0.717. The number of hydrogen-bond donors (Lipinski definition) is 0. The molecule has 1 aromatic rings. The molecule has 0 N–H and O–H groups in total. The highest BCUT2D eigenvalue weighted by molar-refractivity contribution is 5.00. The summed E-state index contributed by atoms with van der Waals surface area (Å²) in [6, 6.07) is 0. The average Bonchev–Trinajstić information content (AvgIpc) is 2.52. The van der Waals surface area contributed by atoms with E-state index in [1.807, 2.05) is 10.9 Å². The van der Waals surface area contributed by atoms with Crippen molar-refractivity contribution in [2.45, 2.75) is 52.5 Å². The molecule has 0 saturated heterocycles. The molecule has 0 atom stereocenters. The number of aromatic nitrogens is 3. The first-order valence-electron chi connectivity index (χ1n) is 4.90. The zero-order valence-corrected chi connectivity index (χ0v) is 9.20. The van der Waals surface area contributed by atoms with Gasteiger partial charge in [0.15, 0.2) is 0 Å². The van der Waals surface area contributed by atoms with E-state index in [2.05, 4.69) is 44.9 Å². The molecule has 0 bridgehead atoms. The van der Waals surface area contributed by atoms with Crippen molar-refractivity contribution in [3.8, 4) is 0 Å². The van der Waals surface area contributed by atoms with Crippen LogP contribution in [0.15, 0.2) is 6.20 Å². The highest BCUT2D eigenvalue weighted by Crippen LogP contribution is 2.19. The molecule has 0 fully saturated rings. The van der Waals surface area contributed by atoms with Crippen molar-refractivity contribution >= 4 is 0 Å². The van der Waals surface area contributed by atoms with E-state index in [0.29, 0.717) is 5.92 Å². The zero-order chi connectivity index (χ0) is 10.1. The molecule has 13 heavy (non-hydrogen) atoms. The maximum atomic E-state index is 4.15. The Labute approximate surface area is 80.1 Å². The second-order valence-corrected chi connectivity index (χ2v) is 4.41. The monoisotopic (exact) mass is 181 g/mol. The first-order valence-corrected chi connectivity index (χ1v) is 4.90. The van der Waals surface area contributed by atoms with E-state index in [-0.39, 0.29) is 5.54 Å². The molecule has 0 aliphatic heterocycles. The van der Waals surface area contributed by atoms with Crippen LogP contribution in [0.4, 0.5) is 0 Å². The largest absolute Gasteiger partial charge is 0.247 e. The lowest BCUT2D eigenvalue weighted by Crippen LogP contribution is -2.25. The van der Waals surface area contributed by atoms with Gasteiger partial charge in [0.2, 0.25) is 0 Å². The van der Waals surface area contributed by atoms with Gasteiger partial charge in [-0.2, -0.15) is 0 Å². The number of hydrogen-bond acceptors (Lipinski definition) is 2. The van der Waals surface area contributed by atoms with Gasteiger partial charge in [0, 0.05) is 6.20 Å². The Kier molecular flexibility index (Phi) is 2.74. The molecule has 1 rings (SSSR count). The first kappa shape index (κ1) is 10.2. The molecule has 3 heteroatoms. The summed E-state index contributed by atoms with van der Waals surface area (Å²) < 4.78 is 1.96. The number of nitrogens with zero attached hydrogens (tertiary/aromatic N) is 3. The predicted molar refractivity (Wildman–Crippen MR) is 53.7 cm³/mol. The predicted octanol–water partition coefficient (Wildman–Crippen LogP) is 2.55. The zero-order valence-electron chi connectivity index (χ0n) is 9.20. The van der Waals surface area contributed by atoms with E-state index in [4.69, 9.17) is 0 Å². The molecule has 0 unspecified atom stereocenters. The van der Waals surface area contributed by atoms with Gasteiger partial charge in [-0.15, -0.1) is 5.10 Å². The molecule has 0 radical (unpaired) electrons. The third kappa shape index (κ3) is 2.08. The SMILES string of the molecule is CCC(C)(C)n1cc(C(C)C)nn1. The molecule has 3 nitrogen and oxygen atoms in total. The molecule has 0 aromatic carbocycles. The molecule has 1 heterocycles. The molecule has 0 amide bonds. The second-order valence-electron chi connectivity index (χ2n) is 4.41. The summed E-state index contributed by atoms with van der Waals surface area (Å²) in [4.78, 5) is 0. The van der Waals surface area contributed by atoms with Crippen LogP contribution in [0.2, 0.25) is 0 Å². The van der Waals surface area contributed by atoms with Gasteiger partial charge in [-0.05, 0) is 26.2 Å². The molecule has 0 spiro atoms. The topological polar surface area (TPSA) is 30.7 Å². The molecule has 0 aliphatic rings. The van der Waals surface area contributed by atoms with E-state index in [1.54, 1.807) is 0 Å².